The van der Waals surface area contributed by atoms with E-state index in [9.17, 15) is 9.59 Å². The van der Waals surface area contributed by atoms with Gasteiger partial charge in [0.25, 0.3) is 11.8 Å². The molecule has 0 saturated heterocycles. The number of hydrogen-bond donors (Lipinski definition) is 1. The van der Waals surface area contributed by atoms with E-state index in [1.807, 2.05) is 53.9 Å². The van der Waals surface area contributed by atoms with Crippen molar-refractivity contribution >= 4 is 34.9 Å². The standard InChI is InChI=1S/C22H20N2O2S/c1-24(21(25)14-13-18-10-7-15-27-18)20-12-6-5-11-19(20)22(26)23-16-17-8-3-2-4-9-17/h2-15H,16H2,1H3,(H,23,26)/b14-13+. The minimum atomic E-state index is -0.212. The number of hydrogen-bond acceptors (Lipinski definition) is 3. The Labute approximate surface area is 162 Å². The first-order valence-electron chi connectivity index (χ1n) is 8.55. The minimum absolute atomic E-state index is 0.188. The number of anilines is 1. The number of nitrogens with zero attached hydrogens (tertiary/aromatic N) is 1. The molecule has 1 N–H and O–H groups in total. The van der Waals surface area contributed by atoms with Crippen LogP contribution in [-0.2, 0) is 11.3 Å². The highest BCUT2D eigenvalue weighted by molar-refractivity contribution is 7.10. The lowest BCUT2D eigenvalue weighted by molar-refractivity contribution is -0.113. The van der Waals surface area contributed by atoms with Crippen LogP contribution in [0.5, 0.6) is 0 Å². The molecule has 0 fully saturated rings. The number of carbonyl (C=O) groups is 2. The van der Waals surface area contributed by atoms with Crippen molar-refractivity contribution in [2.75, 3.05) is 11.9 Å². The van der Waals surface area contributed by atoms with Crippen molar-refractivity contribution in [2.24, 2.45) is 0 Å². The highest BCUT2D eigenvalue weighted by Crippen LogP contribution is 2.20. The zero-order valence-corrected chi connectivity index (χ0v) is 15.8. The highest BCUT2D eigenvalue weighted by atomic mass is 32.1. The van der Waals surface area contributed by atoms with Gasteiger partial charge in [-0.15, -0.1) is 11.3 Å². The van der Waals surface area contributed by atoms with Crippen molar-refractivity contribution in [2.45, 2.75) is 6.54 Å². The van der Waals surface area contributed by atoms with Crippen molar-refractivity contribution in [3.63, 3.8) is 0 Å². The zero-order chi connectivity index (χ0) is 19.1. The van der Waals surface area contributed by atoms with Gasteiger partial charge in [-0.3, -0.25) is 9.59 Å². The largest absolute Gasteiger partial charge is 0.348 e. The summed E-state index contributed by atoms with van der Waals surface area (Å²) in [5.41, 5.74) is 2.06. The van der Waals surface area contributed by atoms with Crippen LogP contribution in [0, 0.1) is 0 Å². The van der Waals surface area contributed by atoms with E-state index >= 15 is 0 Å². The smallest absolute Gasteiger partial charge is 0.253 e. The van der Waals surface area contributed by atoms with Gasteiger partial charge in [0.1, 0.15) is 0 Å². The second kappa shape index (κ2) is 8.96. The summed E-state index contributed by atoms with van der Waals surface area (Å²) in [6, 6.07) is 20.7. The topological polar surface area (TPSA) is 49.4 Å². The lowest BCUT2D eigenvalue weighted by Crippen LogP contribution is -2.29. The molecule has 0 aliphatic heterocycles. The lowest BCUT2D eigenvalue weighted by Gasteiger charge is -2.19. The summed E-state index contributed by atoms with van der Waals surface area (Å²) in [7, 11) is 1.67. The average Bonchev–Trinajstić information content (AvgIpc) is 3.24. The molecule has 2 aromatic carbocycles. The van der Waals surface area contributed by atoms with Gasteiger partial charge >= 0.3 is 0 Å². The molecule has 0 aliphatic carbocycles. The predicted octanol–water partition coefficient (Wildman–Crippen LogP) is 4.35. The van der Waals surface area contributed by atoms with Crippen molar-refractivity contribution in [3.8, 4) is 0 Å². The lowest BCUT2D eigenvalue weighted by atomic mass is 10.1. The third kappa shape index (κ3) is 4.92. The monoisotopic (exact) mass is 376 g/mol. The molecule has 0 unspecified atom stereocenters. The summed E-state index contributed by atoms with van der Waals surface area (Å²) in [5, 5.41) is 4.87. The van der Waals surface area contributed by atoms with Crippen LogP contribution in [0.4, 0.5) is 5.69 Å². The summed E-state index contributed by atoms with van der Waals surface area (Å²) in [4.78, 5) is 27.6. The minimum Gasteiger partial charge on any atom is -0.348 e. The number of benzene rings is 2. The van der Waals surface area contributed by atoms with E-state index in [4.69, 9.17) is 0 Å². The van der Waals surface area contributed by atoms with Gasteiger partial charge in [-0.1, -0.05) is 48.5 Å². The molecule has 3 aromatic rings. The Bertz CT molecular complexity index is 934. The quantitative estimate of drug-likeness (QED) is 0.650. The third-order valence-electron chi connectivity index (χ3n) is 4.07. The fraction of sp³-hybridized carbons (Fsp3) is 0.0909. The van der Waals surface area contributed by atoms with Crippen LogP contribution in [0.3, 0.4) is 0 Å². The molecule has 1 heterocycles. The molecule has 4 nitrogen and oxygen atoms in total. The molecule has 2 amide bonds. The number of likely N-dealkylation sites (N-methyl/N-ethyl adjacent to an activating group) is 1. The summed E-state index contributed by atoms with van der Waals surface area (Å²) >= 11 is 1.56. The number of rotatable bonds is 6. The maximum Gasteiger partial charge on any atom is 0.253 e. The zero-order valence-electron chi connectivity index (χ0n) is 15.0. The molecule has 5 heteroatoms. The van der Waals surface area contributed by atoms with Crippen LogP contribution in [0.2, 0.25) is 0 Å². The van der Waals surface area contributed by atoms with Gasteiger partial charge in [0, 0.05) is 24.5 Å². The average molecular weight is 376 g/mol. The maximum absolute atomic E-state index is 12.6. The van der Waals surface area contributed by atoms with Crippen molar-refractivity contribution in [1.82, 2.24) is 5.32 Å². The maximum atomic E-state index is 12.6. The molecule has 27 heavy (non-hydrogen) atoms. The van der Waals surface area contributed by atoms with Gasteiger partial charge in [0.15, 0.2) is 0 Å². The van der Waals surface area contributed by atoms with Crippen LogP contribution < -0.4 is 10.2 Å². The number of amides is 2. The fourth-order valence-electron chi connectivity index (χ4n) is 2.60. The molecule has 0 aliphatic rings. The van der Waals surface area contributed by atoms with Gasteiger partial charge < -0.3 is 10.2 Å². The van der Waals surface area contributed by atoms with E-state index in [0.29, 0.717) is 17.8 Å². The van der Waals surface area contributed by atoms with E-state index in [1.165, 1.54) is 11.0 Å². The predicted molar refractivity (Wildman–Crippen MR) is 111 cm³/mol. The van der Waals surface area contributed by atoms with E-state index in [2.05, 4.69) is 5.32 Å². The SMILES string of the molecule is CN(C(=O)/C=C/c1cccs1)c1ccccc1C(=O)NCc1ccccc1. The number of carbonyl (C=O) groups excluding carboxylic acids is 2. The van der Waals surface area contributed by atoms with Crippen LogP contribution >= 0.6 is 11.3 Å². The Kier molecular flexibility index (Phi) is 6.18. The van der Waals surface area contributed by atoms with Gasteiger partial charge in [-0.2, -0.15) is 0 Å². The summed E-state index contributed by atoms with van der Waals surface area (Å²) in [6.07, 6.45) is 3.30. The van der Waals surface area contributed by atoms with E-state index in [-0.39, 0.29) is 11.8 Å². The van der Waals surface area contributed by atoms with Crippen molar-refractivity contribution in [3.05, 3.63) is 94.2 Å². The second-order valence-electron chi connectivity index (χ2n) is 5.93. The molecule has 0 spiro atoms. The Morgan fingerprint density at radius 1 is 1.00 bits per heavy atom. The Hall–Kier alpha value is -3.18. The third-order valence-corrected chi connectivity index (χ3v) is 4.91. The molecule has 0 saturated carbocycles. The van der Waals surface area contributed by atoms with Crippen LogP contribution in [0.15, 0.2) is 78.2 Å². The van der Waals surface area contributed by atoms with E-state index < -0.39 is 0 Å². The van der Waals surface area contributed by atoms with Crippen molar-refractivity contribution in [1.29, 1.82) is 0 Å². The summed E-state index contributed by atoms with van der Waals surface area (Å²) in [6.45, 7) is 0.434. The normalized spacial score (nSPS) is 10.7. The van der Waals surface area contributed by atoms with Gasteiger partial charge in [0.05, 0.1) is 11.3 Å². The van der Waals surface area contributed by atoms with Gasteiger partial charge in [0.2, 0.25) is 0 Å². The van der Waals surface area contributed by atoms with Crippen LogP contribution in [0.1, 0.15) is 20.8 Å². The Morgan fingerprint density at radius 3 is 2.48 bits per heavy atom. The van der Waals surface area contributed by atoms with E-state index in [0.717, 1.165) is 10.4 Å². The number of para-hydroxylation sites is 1. The molecule has 136 valence electrons. The second-order valence-corrected chi connectivity index (χ2v) is 6.91. The molecule has 0 atom stereocenters. The molecular weight excluding hydrogens is 356 g/mol. The molecule has 0 radical (unpaired) electrons. The van der Waals surface area contributed by atoms with E-state index in [1.54, 1.807) is 42.7 Å². The Balaban J connectivity index is 1.72. The van der Waals surface area contributed by atoms with Crippen molar-refractivity contribution < 1.29 is 9.59 Å². The van der Waals surface area contributed by atoms with Crippen LogP contribution in [-0.4, -0.2) is 18.9 Å². The molecule has 3 rings (SSSR count). The summed E-state index contributed by atoms with van der Waals surface area (Å²) < 4.78 is 0. The molecular formula is C22H20N2O2S. The summed E-state index contributed by atoms with van der Waals surface area (Å²) in [5.74, 6) is -0.400. The first kappa shape index (κ1) is 18.6. The van der Waals surface area contributed by atoms with Gasteiger partial charge in [-0.05, 0) is 35.2 Å². The number of nitrogens with one attached hydrogen (secondary N) is 1. The first-order valence-corrected chi connectivity index (χ1v) is 9.43. The number of thiophene rings is 1. The van der Waals surface area contributed by atoms with Gasteiger partial charge in [-0.25, -0.2) is 0 Å². The fourth-order valence-corrected chi connectivity index (χ4v) is 3.22. The Morgan fingerprint density at radius 2 is 1.74 bits per heavy atom. The molecule has 0 bridgehead atoms. The highest BCUT2D eigenvalue weighted by Gasteiger charge is 2.16. The van der Waals surface area contributed by atoms with Crippen LogP contribution in [0.25, 0.3) is 6.08 Å². The molecule has 1 aromatic heterocycles. The first-order chi connectivity index (χ1) is 13.1.